The Labute approximate surface area is 359 Å². The average molecular weight is 815 g/mol. The first-order valence-corrected chi connectivity index (χ1v) is 25.0. The van der Waals surface area contributed by atoms with Crippen LogP contribution in [0.1, 0.15) is 258 Å². The van der Waals surface area contributed by atoms with E-state index < -0.39 is 6.10 Å². The van der Waals surface area contributed by atoms with Gasteiger partial charge >= 0.3 is 17.9 Å². The lowest BCUT2D eigenvalue weighted by molar-refractivity contribution is -0.167. The van der Waals surface area contributed by atoms with Gasteiger partial charge in [-0.05, 0) is 57.8 Å². The van der Waals surface area contributed by atoms with Gasteiger partial charge in [-0.1, -0.05) is 218 Å². The molecule has 0 aromatic heterocycles. The second kappa shape index (κ2) is 47.3. The van der Waals surface area contributed by atoms with Crippen LogP contribution in [0.2, 0.25) is 0 Å². The third kappa shape index (κ3) is 44.7. The summed E-state index contributed by atoms with van der Waals surface area (Å²) in [5.41, 5.74) is 0. The lowest BCUT2D eigenvalue weighted by Gasteiger charge is -2.18. The van der Waals surface area contributed by atoms with E-state index in [9.17, 15) is 14.4 Å². The van der Waals surface area contributed by atoms with Crippen LogP contribution in [0.5, 0.6) is 0 Å². The van der Waals surface area contributed by atoms with Crippen molar-refractivity contribution in [3.63, 3.8) is 0 Å². The van der Waals surface area contributed by atoms with Gasteiger partial charge in [-0.3, -0.25) is 14.4 Å². The molecular formula is C52H94O6. The Balaban J connectivity index is 4.17. The summed E-state index contributed by atoms with van der Waals surface area (Å²) in [5.74, 6) is -0.894. The van der Waals surface area contributed by atoms with Crippen LogP contribution in [0.15, 0.2) is 36.5 Å². The molecule has 0 heterocycles. The van der Waals surface area contributed by atoms with Crippen molar-refractivity contribution in [2.45, 2.75) is 264 Å². The van der Waals surface area contributed by atoms with E-state index in [1.54, 1.807) is 0 Å². The molecule has 0 N–H and O–H groups in total. The van der Waals surface area contributed by atoms with Gasteiger partial charge < -0.3 is 14.2 Å². The number of hydrogen-bond donors (Lipinski definition) is 0. The smallest absolute Gasteiger partial charge is 0.306 e. The quantitative estimate of drug-likeness (QED) is 0.0264. The molecule has 0 bridgehead atoms. The zero-order valence-corrected chi connectivity index (χ0v) is 38.6. The molecule has 0 aromatic carbocycles. The summed E-state index contributed by atoms with van der Waals surface area (Å²) in [6, 6.07) is 0. The molecule has 1 unspecified atom stereocenters. The number of esters is 3. The summed E-state index contributed by atoms with van der Waals surface area (Å²) >= 11 is 0. The van der Waals surface area contributed by atoms with Crippen LogP contribution in [0.4, 0.5) is 0 Å². The van der Waals surface area contributed by atoms with Crippen molar-refractivity contribution in [2.24, 2.45) is 0 Å². The maximum Gasteiger partial charge on any atom is 0.306 e. The number of rotatable bonds is 45. The van der Waals surface area contributed by atoms with E-state index in [1.807, 2.05) is 0 Å². The molecular weight excluding hydrogens is 721 g/mol. The minimum absolute atomic E-state index is 0.0750. The van der Waals surface area contributed by atoms with E-state index >= 15 is 0 Å². The van der Waals surface area contributed by atoms with Crippen LogP contribution in [0.3, 0.4) is 0 Å². The highest BCUT2D eigenvalue weighted by Crippen LogP contribution is 2.15. The first-order valence-electron chi connectivity index (χ1n) is 25.0. The Hall–Kier alpha value is -2.37. The molecule has 0 radical (unpaired) electrons. The third-order valence-corrected chi connectivity index (χ3v) is 10.9. The van der Waals surface area contributed by atoms with Gasteiger partial charge in [0.1, 0.15) is 13.2 Å². The van der Waals surface area contributed by atoms with Crippen molar-refractivity contribution >= 4 is 17.9 Å². The van der Waals surface area contributed by atoms with Crippen LogP contribution < -0.4 is 0 Å². The lowest BCUT2D eigenvalue weighted by atomic mass is 10.0. The van der Waals surface area contributed by atoms with Crippen LogP contribution in [0.25, 0.3) is 0 Å². The number of ether oxygens (including phenoxy) is 3. The second-order valence-electron chi connectivity index (χ2n) is 16.7. The van der Waals surface area contributed by atoms with Gasteiger partial charge in [0.25, 0.3) is 0 Å². The molecule has 0 aliphatic heterocycles. The molecule has 6 nitrogen and oxygen atoms in total. The summed E-state index contributed by atoms with van der Waals surface area (Å²) in [6.07, 6.45) is 54.5. The predicted octanol–water partition coefficient (Wildman–Crippen LogP) is 16.1. The Morgan fingerprint density at radius 2 is 0.621 bits per heavy atom. The van der Waals surface area contributed by atoms with Crippen molar-refractivity contribution in [1.82, 2.24) is 0 Å². The average Bonchev–Trinajstić information content (AvgIpc) is 3.22. The topological polar surface area (TPSA) is 78.9 Å². The first kappa shape index (κ1) is 55.6. The Morgan fingerprint density at radius 1 is 0.345 bits per heavy atom. The zero-order chi connectivity index (χ0) is 42.3. The fourth-order valence-corrected chi connectivity index (χ4v) is 7.10. The summed E-state index contributed by atoms with van der Waals surface area (Å²) in [6.45, 7) is 6.54. The van der Waals surface area contributed by atoms with E-state index in [0.29, 0.717) is 19.3 Å². The van der Waals surface area contributed by atoms with E-state index in [0.717, 1.165) is 83.5 Å². The molecule has 0 aliphatic rings. The zero-order valence-electron chi connectivity index (χ0n) is 38.6. The molecule has 6 heteroatoms. The van der Waals surface area contributed by atoms with Crippen molar-refractivity contribution < 1.29 is 28.6 Å². The molecule has 0 fully saturated rings. The van der Waals surface area contributed by atoms with E-state index in [2.05, 4.69) is 57.2 Å². The molecule has 1 atom stereocenters. The second-order valence-corrected chi connectivity index (χ2v) is 16.7. The molecule has 0 saturated carbocycles. The van der Waals surface area contributed by atoms with Crippen molar-refractivity contribution in [3.8, 4) is 0 Å². The largest absolute Gasteiger partial charge is 0.462 e. The van der Waals surface area contributed by atoms with E-state index in [1.165, 1.54) is 135 Å². The summed E-state index contributed by atoms with van der Waals surface area (Å²) in [4.78, 5) is 37.6. The predicted molar refractivity (Wildman–Crippen MR) is 247 cm³/mol. The Bertz CT molecular complexity index is 984. The van der Waals surface area contributed by atoms with E-state index in [4.69, 9.17) is 14.2 Å². The number of hydrogen-bond acceptors (Lipinski definition) is 6. The molecule has 0 aliphatic carbocycles. The maximum absolute atomic E-state index is 12.7. The van der Waals surface area contributed by atoms with Gasteiger partial charge in [-0.2, -0.15) is 0 Å². The van der Waals surface area contributed by atoms with Gasteiger partial charge in [0.2, 0.25) is 0 Å². The molecule has 0 rings (SSSR count). The number of unbranched alkanes of at least 4 members (excludes halogenated alkanes) is 28. The minimum atomic E-state index is -0.769. The van der Waals surface area contributed by atoms with Crippen LogP contribution in [-0.2, 0) is 28.6 Å². The Morgan fingerprint density at radius 3 is 0.966 bits per heavy atom. The third-order valence-electron chi connectivity index (χ3n) is 10.9. The number of allylic oxidation sites excluding steroid dienone is 6. The first-order chi connectivity index (χ1) is 28.5. The summed E-state index contributed by atoms with van der Waals surface area (Å²) in [5, 5.41) is 0. The summed E-state index contributed by atoms with van der Waals surface area (Å²) < 4.78 is 16.6. The van der Waals surface area contributed by atoms with Gasteiger partial charge in [0, 0.05) is 19.3 Å². The van der Waals surface area contributed by atoms with Crippen molar-refractivity contribution in [2.75, 3.05) is 13.2 Å². The minimum Gasteiger partial charge on any atom is -0.462 e. The van der Waals surface area contributed by atoms with Crippen molar-refractivity contribution in [1.29, 1.82) is 0 Å². The molecule has 58 heavy (non-hydrogen) atoms. The molecule has 0 amide bonds. The molecule has 0 spiro atoms. The van der Waals surface area contributed by atoms with Gasteiger partial charge in [-0.25, -0.2) is 0 Å². The monoisotopic (exact) mass is 815 g/mol. The van der Waals surface area contributed by atoms with Gasteiger partial charge in [0.15, 0.2) is 6.10 Å². The van der Waals surface area contributed by atoms with Gasteiger partial charge in [-0.15, -0.1) is 0 Å². The standard InChI is InChI=1S/C52H94O6/c1-4-7-10-13-15-17-19-21-23-24-25-26-27-28-29-31-32-34-36-39-42-45-51(54)57-48-49(47-56-50(53)44-41-38-12-9-6-3)58-52(55)46-43-40-37-35-33-30-22-20-18-16-14-11-8-5-2/h19,21,24-25,27-28,49H,4-18,20,22-23,26,29-48H2,1-3H3/b21-19-,25-24-,28-27-. The maximum atomic E-state index is 12.7. The van der Waals surface area contributed by atoms with Crippen LogP contribution in [0, 0.1) is 0 Å². The fraction of sp³-hybridized carbons (Fsp3) is 0.827. The number of carbonyl (C=O) groups excluding carboxylic acids is 3. The van der Waals surface area contributed by atoms with Gasteiger partial charge in [0.05, 0.1) is 0 Å². The van der Waals surface area contributed by atoms with Crippen LogP contribution in [-0.4, -0.2) is 37.2 Å². The highest BCUT2D eigenvalue weighted by molar-refractivity contribution is 5.71. The number of carbonyl (C=O) groups is 3. The fourth-order valence-electron chi connectivity index (χ4n) is 7.10. The SMILES string of the molecule is CCCCCCC/C=C\C/C=C\C/C=C\CCCCCCCCC(=O)OCC(COC(=O)CCCCCCC)OC(=O)CCCCCCCCCCCCCCCC. The normalized spacial score (nSPS) is 12.3. The van der Waals surface area contributed by atoms with Crippen molar-refractivity contribution in [3.05, 3.63) is 36.5 Å². The highest BCUT2D eigenvalue weighted by atomic mass is 16.6. The molecule has 338 valence electrons. The lowest BCUT2D eigenvalue weighted by Crippen LogP contribution is -2.30. The van der Waals surface area contributed by atoms with E-state index in [-0.39, 0.29) is 31.1 Å². The summed E-state index contributed by atoms with van der Waals surface area (Å²) in [7, 11) is 0. The molecule has 0 aromatic rings. The molecule has 0 saturated heterocycles. The highest BCUT2D eigenvalue weighted by Gasteiger charge is 2.19. The Kier molecular flexibility index (Phi) is 45.4. The van der Waals surface area contributed by atoms with Crippen LogP contribution >= 0.6 is 0 Å².